The number of nitrogens with one attached hydrogen (secondary N) is 1. The summed E-state index contributed by atoms with van der Waals surface area (Å²) in [5.74, 6) is -0.396. The van der Waals surface area contributed by atoms with Gasteiger partial charge in [-0.15, -0.1) is 0 Å². The number of carbonyl (C=O) groups is 1. The Morgan fingerprint density at radius 2 is 2.22 bits per heavy atom. The van der Waals surface area contributed by atoms with Crippen LogP contribution in [-0.4, -0.2) is 48.3 Å². The smallest absolute Gasteiger partial charge is 0.264 e. The van der Waals surface area contributed by atoms with Crippen molar-refractivity contribution in [1.82, 2.24) is 19.2 Å². The van der Waals surface area contributed by atoms with Crippen LogP contribution in [0.15, 0.2) is 11.4 Å². The Hall–Kier alpha value is -1.12. The van der Waals surface area contributed by atoms with E-state index in [4.69, 9.17) is 11.6 Å². The van der Waals surface area contributed by atoms with Gasteiger partial charge in [-0.3, -0.25) is 4.79 Å². The summed E-state index contributed by atoms with van der Waals surface area (Å²) in [5.41, 5.74) is 0. The van der Waals surface area contributed by atoms with E-state index >= 15 is 0 Å². The topological polar surface area (TPSA) is 84.3 Å². The molecule has 0 bridgehead atoms. The van der Waals surface area contributed by atoms with E-state index in [9.17, 15) is 13.2 Å². The first-order valence-electron chi connectivity index (χ1n) is 5.22. The number of halogens is 1. The Bertz CT molecular complexity index is 540. The Kier molecular flexibility index (Phi) is 4.71. The van der Waals surface area contributed by atoms with Gasteiger partial charge in [0.1, 0.15) is 5.15 Å². The summed E-state index contributed by atoms with van der Waals surface area (Å²) in [6.07, 6.45) is 1.31. The Labute approximate surface area is 111 Å². The molecule has 1 rings (SSSR count). The molecule has 0 saturated heterocycles. The van der Waals surface area contributed by atoms with Gasteiger partial charge in [0.25, 0.3) is 10.0 Å². The highest BCUT2D eigenvalue weighted by atomic mass is 35.5. The van der Waals surface area contributed by atoms with Gasteiger partial charge >= 0.3 is 0 Å². The lowest BCUT2D eigenvalue weighted by molar-refractivity contribution is -0.120. The predicted molar refractivity (Wildman–Crippen MR) is 66.7 cm³/mol. The molecule has 0 aliphatic rings. The summed E-state index contributed by atoms with van der Waals surface area (Å²) >= 11 is 5.86. The summed E-state index contributed by atoms with van der Waals surface area (Å²) in [6, 6.07) is 0. The third-order valence-corrected chi connectivity index (χ3v) is 4.78. The van der Waals surface area contributed by atoms with E-state index in [1.54, 1.807) is 14.0 Å². The summed E-state index contributed by atoms with van der Waals surface area (Å²) < 4.78 is 26.9. The van der Waals surface area contributed by atoms with Crippen molar-refractivity contribution >= 4 is 27.5 Å². The van der Waals surface area contributed by atoms with Gasteiger partial charge in [-0.25, -0.2) is 13.4 Å². The number of nitrogens with zero attached hydrogens (tertiary/aromatic N) is 3. The molecule has 1 heterocycles. The minimum Gasteiger partial charge on any atom is -0.358 e. The van der Waals surface area contributed by atoms with Gasteiger partial charge in [0.15, 0.2) is 0 Å². The van der Waals surface area contributed by atoms with Crippen molar-refractivity contribution < 1.29 is 13.2 Å². The predicted octanol–water partition coefficient (Wildman–Crippen LogP) is -0.170. The lowest BCUT2D eigenvalue weighted by Crippen LogP contribution is -2.39. The Morgan fingerprint density at radius 3 is 2.61 bits per heavy atom. The maximum atomic E-state index is 12.2. The van der Waals surface area contributed by atoms with Crippen molar-refractivity contribution in [1.29, 1.82) is 0 Å². The van der Waals surface area contributed by atoms with Crippen LogP contribution in [0, 0.1) is 0 Å². The second-order valence-corrected chi connectivity index (χ2v) is 5.77. The maximum Gasteiger partial charge on any atom is 0.264 e. The summed E-state index contributed by atoms with van der Waals surface area (Å²) in [6.45, 7) is 1.53. The van der Waals surface area contributed by atoms with Crippen molar-refractivity contribution in [2.75, 3.05) is 20.1 Å². The number of aromatic nitrogens is 2. The molecule has 102 valence electrons. The molecule has 0 atom stereocenters. The van der Waals surface area contributed by atoms with Crippen LogP contribution in [0.1, 0.15) is 6.92 Å². The van der Waals surface area contributed by atoms with E-state index < -0.39 is 15.9 Å². The fourth-order valence-corrected chi connectivity index (χ4v) is 3.09. The average molecular weight is 295 g/mol. The fraction of sp³-hybridized carbons (Fsp3) is 0.556. The second kappa shape index (κ2) is 5.68. The highest BCUT2D eigenvalue weighted by Gasteiger charge is 2.30. The van der Waals surface area contributed by atoms with Gasteiger partial charge < -0.3 is 9.88 Å². The minimum absolute atomic E-state index is 0.0188. The lowest BCUT2D eigenvalue weighted by Gasteiger charge is -2.18. The van der Waals surface area contributed by atoms with Gasteiger partial charge in [0.2, 0.25) is 10.9 Å². The fourth-order valence-electron chi connectivity index (χ4n) is 1.30. The second-order valence-electron chi connectivity index (χ2n) is 3.56. The molecular weight excluding hydrogens is 280 g/mol. The number of hydrogen-bond acceptors (Lipinski definition) is 4. The van der Waals surface area contributed by atoms with Crippen molar-refractivity contribution in [2.45, 2.75) is 11.9 Å². The number of aryl methyl sites for hydroxylation is 1. The summed E-state index contributed by atoms with van der Waals surface area (Å²) in [5, 5.41) is 2.15. The van der Waals surface area contributed by atoms with Gasteiger partial charge in [-0.1, -0.05) is 18.5 Å². The summed E-state index contributed by atoms with van der Waals surface area (Å²) in [7, 11) is -0.830. The van der Waals surface area contributed by atoms with E-state index in [1.165, 1.54) is 17.9 Å². The highest BCUT2D eigenvalue weighted by molar-refractivity contribution is 7.89. The number of carbonyl (C=O) groups excluding carboxylic acids is 1. The third-order valence-electron chi connectivity index (χ3n) is 2.37. The molecule has 1 N–H and O–H groups in total. The Morgan fingerprint density at radius 1 is 1.61 bits per heavy atom. The highest BCUT2D eigenvalue weighted by Crippen LogP contribution is 2.22. The van der Waals surface area contributed by atoms with Crippen LogP contribution < -0.4 is 5.32 Å². The van der Waals surface area contributed by atoms with Crippen LogP contribution in [0.4, 0.5) is 0 Å². The number of likely N-dealkylation sites (N-methyl/N-ethyl adjacent to an activating group) is 2. The van der Waals surface area contributed by atoms with Crippen molar-refractivity contribution in [2.24, 2.45) is 7.05 Å². The van der Waals surface area contributed by atoms with Crippen LogP contribution in [0.3, 0.4) is 0 Å². The zero-order valence-corrected chi connectivity index (χ0v) is 11.9. The maximum absolute atomic E-state index is 12.2. The number of hydrogen-bond donors (Lipinski definition) is 1. The zero-order valence-electron chi connectivity index (χ0n) is 10.3. The molecule has 1 amide bonds. The molecule has 1 aromatic rings. The van der Waals surface area contributed by atoms with Crippen LogP contribution in [-0.2, 0) is 21.9 Å². The molecule has 0 fully saturated rings. The minimum atomic E-state index is -3.86. The van der Waals surface area contributed by atoms with Crippen molar-refractivity contribution in [3.63, 3.8) is 0 Å². The van der Waals surface area contributed by atoms with Crippen LogP contribution in [0.25, 0.3) is 0 Å². The summed E-state index contributed by atoms with van der Waals surface area (Å²) in [4.78, 5) is 15.0. The first-order chi connectivity index (χ1) is 8.34. The van der Waals surface area contributed by atoms with Crippen LogP contribution in [0.2, 0.25) is 5.15 Å². The molecule has 0 unspecified atom stereocenters. The van der Waals surface area contributed by atoms with Crippen LogP contribution in [0.5, 0.6) is 0 Å². The first-order valence-corrected chi connectivity index (χ1v) is 7.04. The van der Waals surface area contributed by atoms with Gasteiger partial charge in [0, 0.05) is 20.6 Å². The zero-order chi connectivity index (χ0) is 13.9. The number of sulfonamides is 1. The lowest BCUT2D eigenvalue weighted by atomic mass is 10.5. The van der Waals surface area contributed by atoms with E-state index in [0.717, 1.165) is 4.31 Å². The van der Waals surface area contributed by atoms with Gasteiger partial charge in [0.05, 0.1) is 12.9 Å². The molecule has 18 heavy (non-hydrogen) atoms. The van der Waals surface area contributed by atoms with E-state index in [0.29, 0.717) is 0 Å². The van der Waals surface area contributed by atoms with Crippen molar-refractivity contribution in [3.05, 3.63) is 11.5 Å². The number of rotatable bonds is 5. The van der Waals surface area contributed by atoms with Gasteiger partial charge in [-0.05, 0) is 0 Å². The number of amides is 1. The largest absolute Gasteiger partial charge is 0.358 e. The normalized spacial score (nSPS) is 11.8. The quantitative estimate of drug-likeness (QED) is 0.817. The molecule has 0 radical (unpaired) electrons. The number of imidazole rings is 1. The molecular formula is C9H15ClN4O3S. The molecule has 0 aromatic carbocycles. The molecule has 0 aliphatic carbocycles. The standard InChI is InChI=1S/C9H15ClN4O3S/c1-4-14(5-7(15)11-2)18(16,17)9-8(10)13(3)6-12-9/h6H,4-5H2,1-3H3,(H,11,15). The monoisotopic (exact) mass is 294 g/mol. The van der Waals surface area contributed by atoms with Gasteiger partial charge in [-0.2, -0.15) is 4.31 Å². The molecule has 9 heteroatoms. The van der Waals surface area contributed by atoms with E-state index in [-0.39, 0.29) is 23.3 Å². The van der Waals surface area contributed by atoms with Crippen molar-refractivity contribution in [3.8, 4) is 0 Å². The van der Waals surface area contributed by atoms with E-state index in [2.05, 4.69) is 10.3 Å². The molecule has 0 saturated carbocycles. The molecule has 0 spiro atoms. The molecule has 0 aliphatic heterocycles. The molecule has 7 nitrogen and oxygen atoms in total. The molecule has 1 aromatic heterocycles. The first kappa shape index (κ1) is 14.9. The average Bonchev–Trinajstić information content (AvgIpc) is 2.66. The Balaban J connectivity index is 3.11. The van der Waals surface area contributed by atoms with Crippen LogP contribution >= 0.6 is 11.6 Å². The SMILES string of the molecule is CCN(CC(=O)NC)S(=O)(=O)c1ncn(C)c1Cl. The third kappa shape index (κ3) is 2.82. The van der Waals surface area contributed by atoms with E-state index in [1.807, 2.05) is 0 Å².